The molecule has 2 heterocycles. The molecule has 0 saturated carbocycles. The van der Waals surface area contributed by atoms with Gasteiger partial charge in [-0.15, -0.1) is 11.3 Å². The first-order valence-electron chi connectivity index (χ1n) is 14.4. The molecule has 1 amide bonds. The summed E-state index contributed by atoms with van der Waals surface area (Å²) in [5.74, 6) is 0.129. The second-order valence-corrected chi connectivity index (χ2v) is 12.7. The second kappa shape index (κ2) is 9.57. The summed E-state index contributed by atoms with van der Waals surface area (Å²) in [4.78, 5) is 41.2. The van der Waals surface area contributed by atoms with Gasteiger partial charge in [-0.1, -0.05) is 97.9 Å². The SMILES string of the molecule is CC1(C(=O)Cc2nc(-c3cccc4ccccc34)cs2)CC2(C(=O)Nc3ncc[nH]3)c3ccccc3C1c1ccccc12. The van der Waals surface area contributed by atoms with Crippen LogP contribution >= 0.6 is 11.3 Å². The van der Waals surface area contributed by atoms with Crippen molar-refractivity contribution in [3.05, 3.63) is 136 Å². The van der Waals surface area contributed by atoms with E-state index in [4.69, 9.17) is 4.98 Å². The van der Waals surface area contributed by atoms with Crippen LogP contribution in [0.25, 0.3) is 22.0 Å². The number of nitrogens with one attached hydrogen (secondary N) is 2. The Morgan fingerprint density at radius 1 is 0.930 bits per heavy atom. The van der Waals surface area contributed by atoms with Crippen LogP contribution in [0.3, 0.4) is 0 Å². The zero-order chi connectivity index (χ0) is 29.2. The highest BCUT2D eigenvalue weighted by molar-refractivity contribution is 7.10. The van der Waals surface area contributed by atoms with Gasteiger partial charge in [-0.25, -0.2) is 9.97 Å². The summed E-state index contributed by atoms with van der Waals surface area (Å²) in [6, 6.07) is 30.7. The van der Waals surface area contributed by atoms with E-state index >= 15 is 0 Å². The lowest BCUT2D eigenvalue weighted by molar-refractivity contribution is -0.132. The average molecular weight is 581 g/mol. The number of carbonyl (C=O) groups excluding carboxylic acids is 2. The van der Waals surface area contributed by atoms with E-state index in [1.165, 1.54) is 11.3 Å². The molecule has 0 radical (unpaired) electrons. The molecule has 0 aliphatic heterocycles. The van der Waals surface area contributed by atoms with Gasteiger partial charge in [-0.2, -0.15) is 0 Å². The van der Waals surface area contributed by atoms with Gasteiger partial charge in [-0.3, -0.25) is 14.9 Å². The van der Waals surface area contributed by atoms with Gasteiger partial charge in [0.25, 0.3) is 0 Å². The number of carbonyl (C=O) groups is 2. The van der Waals surface area contributed by atoms with Crippen LogP contribution in [-0.4, -0.2) is 26.6 Å². The van der Waals surface area contributed by atoms with Gasteiger partial charge in [-0.05, 0) is 39.4 Å². The van der Waals surface area contributed by atoms with Gasteiger partial charge in [0.05, 0.1) is 12.1 Å². The molecular formula is C36H28N4O2S. The molecular weight excluding hydrogens is 552 g/mol. The van der Waals surface area contributed by atoms with Crippen molar-refractivity contribution in [2.24, 2.45) is 5.41 Å². The van der Waals surface area contributed by atoms with Crippen molar-refractivity contribution >= 4 is 39.7 Å². The van der Waals surface area contributed by atoms with E-state index in [0.717, 1.165) is 49.3 Å². The maximum absolute atomic E-state index is 14.6. The topological polar surface area (TPSA) is 87.7 Å². The molecule has 7 heteroatoms. The molecule has 6 nitrogen and oxygen atoms in total. The third kappa shape index (κ3) is 3.78. The standard InChI is InChI=1S/C36H28N4O2S/c1-35(30(41)19-31-39-29(20-43-31)24-14-8-10-22-9-2-3-11-23(22)24)21-36(33(42)40-34-37-17-18-38-34)27-15-6-4-12-25(27)32(35)26-13-5-7-16-28(26)36/h2-18,20,32H,19,21H2,1H3,(H2,37,38,40,42). The van der Waals surface area contributed by atoms with Crippen molar-refractivity contribution in [2.45, 2.75) is 31.1 Å². The lowest BCUT2D eigenvalue weighted by Crippen LogP contribution is -2.57. The number of benzene rings is 4. The number of aromatic amines is 1. The Hall–Kier alpha value is -4.88. The number of anilines is 1. The first kappa shape index (κ1) is 25.8. The van der Waals surface area contributed by atoms with Crippen LogP contribution in [0.4, 0.5) is 5.95 Å². The first-order valence-corrected chi connectivity index (χ1v) is 15.3. The Kier molecular flexibility index (Phi) is 5.74. The van der Waals surface area contributed by atoms with E-state index in [1.807, 2.05) is 66.9 Å². The maximum atomic E-state index is 14.6. The molecule has 6 aromatic rings. The van der Waals surface area contributed by atoms with Crippen molar-refractivity contribution < 1.29 is 9.59 Å². The number of Topliss-reactive ketones (excluding diaryl/α,β-unsaturated/α-hetero) is 1. The summed E-state index contributed by atoms with van der Waals surface area (Å²) in [7, 11) is 0. The first-order chi connectivity index (χ1) is 21.0. The Balaban J connectivity index is 1.20. The Bertz CT molecular complexity index is 1990. The fourth-order valence-electron chi connectivity index (χ4n) is 7.55. The van der Waals surface area contributed by atoms with Crippen LogP contribution < -0.4 is 5.32 Å². The fraction of sp³-hybridized carbons (Fsp3) is 0.167. The van der Waals surface area contributed by atoms with E-state index in [-0.39, 0.29) is 24.0 Å². The van der Waals surface area contributed by atoms with Crippen molar-refractivity contribution in [1.29, 1.82) is 0 Å². The van der Waals surface area contributed by atoms with Crippen LogP contribution in [0.15, 0.2) is 109 Å². The van der Waals surface area contributed by atoms with Gasteiger partial charge in [0.1, 0.15) is 16.2 Å². The van der Waals surface area contributed by atoms with E-state index < -0.39 is 10.8 Å². The Morgan fingerprint density at radius 3 is 2.37 bits per heavy atom. The number of thiazole rings is 1. The van der Waals surface area contributed by atoms with Gasteiger partial charge >= 0.3 is 0 Å². The molecule has 2 bridgehead atoms. The number of rotatable bonds is 6. The summed E-state index contributed by atoms with van der Waals surface area (Å²) in [6.45, 7) is 2.04. The molecule has 4 aromatic carbocycles. The molecule has 3 aliphatic carbocycles. The molecule has 210 valence electrons. The Morgan fingerprint density at radius 2 is 1.63 bits per heavy atom. The number of ketones is 1. The molecule has 0 saturated heterocycles. The lowest BCUT2D eigenvalue weighted by atomic mass is 9.45. The van der Waals surface area contributed by atoms with Crippen LogP contribution in [-0.2, 0) is 21.4 Å². The van der Waals surface area contributed by atoms with Crippen molar-refractivity contribution in [3.8, 4) is 11.3 Å². The van der Waals surface area contributed by atoms with Gasteiger partial charge in [0.15, 0.2) is 0 Å². The van der Waals surface area contributed by atoms with Crippen LogP contribution in [0.1, 0.15) is 46.5 Å². The molecule has 0 fully saturated rings. The lowest BCUT2D eigenvalue weighted by Gasteiger charge is -2.56. The highest BCUT2D eigenvalue weighted by Gasteiger charge is 2.63. The van der Waals surface area contributed by atoms with Crippen LogP contribution in [0, 0.1) is 5.41 Å². The number of hydrogen-bond acceptors (Lipinski definition) is 5. The number of nitrogens with zero attached hydrogens (tertiary/aromatic N) is 2. The quantitative estimate of drug-likeness (QED) is 0.217. The van der Waals surface area contributed by atoms with Crippen molar-refractivity contribution in [2.75, 3.05) is 5.32 Å². The summed E-state index contributed by atoms with van der Waals surface area (Å²) in [5.41, 5.74) is 4.06. The number of hydrogen-bond donors (Lipinski definition) is 2. The minimum Gasteiger partial charge on any atom is -0.331 e. The average Bonchev–Trinajstić information content (AvgIpc) is 3.73. The van der Waals surface area contributed by atoms with Crippen LogP contribution in [0.2, 0.25) is 0 Å². The second-order valence-electron chi connectivity index (χ2n) is 11.8. The number of fused-ring (bicyclic) bond motifs is 2. The summed E-state index contributed by atoms with van der Waals surface area (Å²) >= 11 is 1.52. The smallest absolute Gasteiger partial charge is 0.241 e. The normalized spacial score (nSPS) is 21.7. The monoisotopic (exact) mass is 580 g/mol. The molecule has 1 unspecified atom stereocenters. The number of imidazole rings is 1. The third-order valence-corrected chi connectivity index (χ3v) is 10.3. The Labute approximate surface area is 252 Å². The predicted molar refractivity (Wildman–Crippen MR) is 169 cm³/mol. The van der Waals surface area contributed by atoms with Crippen molar-refractivity contribution in [1.82, 2.24) is 15.0 Å². The van der Waals surface area contributed by atoms with E-state index in [1.54, 1.807) is 12.4 Å². The molecule has 2 N–H and O–H groups in total. The zero-order valence-corrected chi connectivity index (χ0v) is 24.3. The van der Waals surface area contributed by atoms with Crippen LogP contribution in [0.5, 0.6) is 0 Å². The number of aromatic nitrogens is 3. The maximum Gasteiger partial charge on any atom is 0.241 e. The summed E-state index contributed by atoms with van der Waals surface area (Å²) in [6.07, 6.45) is 3.87. The minimum absolute atomic E-state index is 0.0931. The molecule has 43 heavy (non-hydrogen) atoms. The third-order valence-electron chi connectivity index (χ3n) is 9.42. The van der Waals surface area contributed by atoms with Crippen molar-refractivity contribution in [3.63, 3.8) is 0 Å². The predicted octanol–water partition coefficient (Wildman–Crippen LogP) is 7.28. The van der Waals surface area contributed by atoms with Gasteiger partial charge in [0.2, 0.25) is 11.9 Å². The number of H-pyrrole nitrogens is 1. The molecule has 9 rings (SSSR count). The molecule has 1 atom stereocenters. The fourth-order valence-corrected chi connectivity index (χ4v) is 8.35. The number of amides is 1. The highest BCUT2D eigenvalue weighted by atomic mass is 32.1. The van der Waals surface area contributed by atoms with E-state index in [2.05, 4.69) is 51.7 Å². The summed E-state index contributed by atoms with van der Waals surface area (Å²) < 4.78 is 0. The van der Waals surface area contributed by atoms with Gasteiger partial charge < -0.3 is 4.98 Å². The largest absolute Gasteiger partial charge is 0.331 e. The molecule has 0 spiro atoms. The molecule has 3 aliphatic rings. The van der Waals surface area contributed by atoms with E-state index in [9.17, 15) is 9.59 Å². The highest BCUT2D eigenvalue weighted by Crippen LogP contribution is 2.64. The zero-order valence-electron chi connectivity index (χ0n) is 23.5. The van der Waals surface area contributed by atoms with E-state index in [0.29, 0.717) is 12.4 Å². The summed E-state index contributed by atoms with van der Waals surface area (Å²) in [5, 5.41) is 8.15. The van der Waals surface area contributed by atoms with Gasteiger partial charge in [0, 0.05) is 34.7 Å². The minimum atomic E-state index is -1.05. The molecule has 2 aromatic heterocycles.